The van der Waals surface area contributed by atoms with Gasteiger partial charge in [-0.3, -0.25) is 5.43 Å². The second-order valence-electron chi connectivity index (χ2n) is 4.88. The summed E-state index contributed by atoms with van der Waals surface area (Å²) < 4.78 is 28.7. The van der Waals surface area contributed by atoms with Crippen molar-refractivity contribution < 1.29 is 13.5 Å². The zero-order chi connectivity index (χ0) is 16.1. The lowest BCUT2D eigenvalue weighted by molar-refractivity contribution is -0.0498. The van der Waals surface area contributed by atoms with Gasteiger partial charge in [-0.05, 0) is 40.6 Å². The molecule has 0 saturated heterocycles. The number of hydrazone groups is 1. The van der Waals surface area contributed by atoms with Crippen LogP contribution in [0, 0.1) is 0 Å². The number of nitrogens with zero attached hydrogens (tertiary/aromatic N) is 1. The molecule has 0 atom stereocenters. The minimum atomic E-state index is -2.84. The van der Waals surface area contributed by atoms with Crippen LogP contribution in [-0.2, 0) is 0 Å². The quantitative estimate of drug-likeness (QED) is 0.538. The minimum absolute atomic E-state index is 0.106. The molecule has 0 radical (unpaired) electrons. The van der Waals surface area contributed by atoms with Gasteiger partial charge in [0.2, 0.25) is 0 Å². The molecule has 116 valence electrons. The molecule has 0 amide bonds. The Balaban J connectivity index is 1.70. The van der Waals surface area contributed by atoms with E-state index in [9.17, 15) is 8.78 Å². The third-order valence-electron chi connectivity index (χ3n) is 3.24. The highest BCUT2D eigenvalue weighted by Gasteiger charge is 2.03. The molecule has 0 fully saturated rings. The van der Waals surface area contributed by atoms with E-state index in [2.05, 4.69) is 15.3 Å². The molecule has 0 aliphatic carbocycles. The highest BCUT2D eigenvalue weighted by Crippen LogP contribution is 2.19. The van der Waals surface area contributed by atoms with Crippen LogP contribution < -0.4 is 10.2 Å². The molecule has 5 heteroatoms. The highest BCUT2D eigenvalue weighted by atomic mass is 19.3. The van der Waals surface area contributed by atoms with E-state index in [1.165, 1.54) is 12.1 Å². The Morgan fingerprint density at radius 2 is 1.74 bits per heavy atom. The fraction of sp³-hybridized carbons (Fsp3) is 0.0556. The van der Waals surface area contributed by atoms with Crippen LogP contribution in [0.15, 0.2) is 71.8 Å². The number of ether oxygens (including phenoxy) is 1. The molecule has 0 unspecified atom stereocenters. The predicted molar refractivity (Wildman–Crippen MR) is 88.2 cm³/mol. The summed E-state index contributed by atoms with van der Waals surface area (Å²) in [6, 6.07) is 20.3. The maximum absolute atomic E-state index is 12.2. The lowest BCUT2D eigenvalue weighted by atomic mass is 10.1. The summed E-state index contributed by atoms with van der Waals surface area (Å²) in [5.41, 5.74) is 4.44. The average molecular weight is 312 g/mol. The normalized spacial score (nSPS) is 11.3. The molecular weight excluding hydrogens is 298 g/mol. The van der Waals surface area contributed by atoms with Crippen LogP contribution in [0.3, 0.4) is 0 Å². The van der Waals surface area contributed by atoms with Crippen LogP contribution in [-0.4, -0.2) is 12.8 Å². The van der Waals surface area contributed by atoms with Crippen molar-refractivity contribution in [3.05, 3.63) is 72.3 Å². The van der Waals surface area contributed by atoms with Gasteiger partial charge in [0.25, 0.3) is 0 Å². The second-order valence-corrected chi connectivity index (χ2v) is 4.88. The molecule has 0 spiro atoms. The van der Waals surface area contributed by atoms with Crippen molar-refractivity contribution in [1.82, 2.24) is 0 Å². The molecule has 3 rings (SSSR count). The van der Waals surface area contributed by atoms with E-state index >= 15 is 0 Å². The smallest absolute Gasteiger partial charge is 0.387 e. The number of hydrogen-bond donors (Lipinski definition) is 1. The van der Waals surface area contributed by atoms with Crippen LogP contribution in [0.5, 0.6) is 5.75 Å². The molecule has 23 heavy (non-hydrogen) atoms. The maximum Gasteiger partial charge on any atom is 0.387 e. The van der Waals surface area contributed by atoms with E-state index in [0.29, 0.717) is 5.56 Å². The van der Waals surface area contributed by atoms with Crippen molar-refractivity contribution in [1.29, 1.82) is 0 Å². The first kappa shape index (κ1) is 15.0. The molecule has 1 N–H and O–H groups in total. The van der Waals surface area contributed by atoms with Crippen molar-refractivity contribution in [3.8, 4) is 5.75 Å². The summed E-state index contributed by atoms with van der Waals surface area (Å²) in [5.74, 6) is 0.106. The molecule has 0 aliphatic heterocycles. The van der Waals surface area contributed by atoms with E-state index in [-0.39, 0.29) is 5.75 Å². The minimum Gasteiger partial charge on any atom is -0.435 e. The van der Waals surface area contributed by atoms with E-state index in [0.717, 1.165) is 16.5 Å². The van der Waals surface area contributed by atoms with Gasteiger partial charge in [0, 0.05) is 0 Å². The number of halogens is 2. The van der Waals surface area contributed by atoms with Crippen molar-refractivity contribution in [2.75, 3.05) is 5.43 Å². The Morgan fingerprint density at radius 1 is 0.913 bits per heavy atom. The van der Waals surface area contributed by atoms with Crippen LogP contribution in [0.2, 0.25) is 0 Å². The molecule has 0 heterocycles. The molecular formula is C18H14F2N2O. The van der Waals surface area contributed by atoms with Gasteiger partial charge in [0.1, 0.15) is 5.75 Å². The summed E-state index contributed by atoms with van der Waals surface area (Å²) in [4.78, 5) is 0. The number of alkyl halides is 2. The van der Waals surface area contributed by atoms with Crippen molar-refractivity contribution in [3.63, 3.8) is 0 Å². The van der Waals surface area contributed by atoms with Gasteiger partial charge in [0.05, 0.1) is 11.9 Å². The van der Waals surface area contributed by atoms with E-state index in [1.807, 2.05) is 42.5 Å². The number of nitrogens with one attached hydrogen (secondary N) is 1. The number of fused-ring (bicyclic) bond motifs is 1. The summed E-state index contributed by atoms with van der Waals surface area (Å²) >= 11 is 0. The first-order chi connectivity index (χ1) is 11.2. The van der Waals surface area contributed by atoms with Gasteiger partial charge in [-0.25, -0.2) is 0 Å². The lowest BCUT2D eigenvalue weighted by Crippen LogP contribution is -2.02. The van der Waals surface area contributed by atoms with Gasteiger partial charge in [0.15, 0.2) is 0 Å². The van der Waals surface area contributed by atoms with Gasteiger partial charge in [-0.2, -0.15) is 13.9 Å². The Hall–Kier alpha value is -2.95. The van der Waals surface area contributed by atoms with E-state index in [4.69, 9.17) is 0 Å². The largest absolute Gasteiger partial charge is 0.435 e. The van der Waals surface area contributed by atoms with Gasteiger partial charge < -0.3 is 4.74 Å². The second kappa shape index (κ2) is 6.87. The molecule has 0 aromatic heterocycles. The molecule has 0 saturated carbocycles. The zero-order valence-corrected chi connectivity index (χ0v) is 12.1. The van der Waals surface area contributed by atoms with Gasteiger partial charge in [-0.1, -0.05) is 42.5 Å². The molecule has 0 aliphatic rings. The van der Waals surface area contributed by atoms with Crippen LogP contribution in [0.25, 0.3) is 10.8 Å². The third kappa shape index (κ3) is 4.03. The topological polar surface area (TPSA) is 33.6 Å². The Bertz CT molecular complexity index is 834. The van der Waals surface area contributed by atoms with Crippen LogP contribution >= 0.6 is 0 Å². The zero-order valence-electron chi connectivity index (χ0n) is 12.1. The standard InChI is InChI=1S/C18H14F2N2O/c19-18(20)23-17-7-3-4-13(10-17)12-21-22-16-9-8-14-5-1-2-6-15(14)11-16/h1-12,18,22H. The number of anilines is 1. The fourth-order valence-corrected chi connectivity index (χ4v) is 2.21. The highest BCUT2D eigenvalue weighted by molar-refractivity contribution is 5.86. The maximum atomic E-state index is 12.2. The summed E-state index contributed by atoms with van der Waals surface area (Å²) in [7, 11) is 0. The monoisotopic (exact) mass is 312 g/mol. The molecule has 0 bridgehead atoms. The Morgan fingerprint density at radius 3 is 2.57 bits per heavy atom. The SMILES string of the molecule is FC(F)Oc1cccc(C=NNc2ccc3ccccc3c2)c1. The Kier molecular flexibility index (Phi) is 4.47. The molecule has 3 aromatic carbocycles. The van der Waals surface area contributed by atoms with E-state index in [1.54, 1.807) is 18.3 Å². The Labute approximate surface area is 132 Å². The number of rotatable bonds is 5. The number of benzene rings is 3. The van der Waals surface area contributed by atoms with Crippen molar-refractivity contribution in [2.24, 2.45) is 5.10 Å². The first-order valence-electron chi connectivity index (χ1n) is 7.03. The van der Waals surface area contributed by atoms with Crippen LogP contribution in [0.1, 0.15) is 5.56 Å². The third-order valence-corrected chi connectivity index (χ3v) is 3.24. The van der Waals surface area contributed by atoms with Crippen molar-refractivity contribution in [2.45, 2.75) is 6.61 Å². The lowest BCUT2D eigenvalue weighted by Gasteiger charge is -2.05. The van der Waals surface area contributed by atoms with Gasteiger partial charge in [-0.15, -0.1) is 0 Å². The van der Waals surface area contributed by atoms with Crippen LogP contribution in [0.4, 0.5) is 14.5 Å². The molecule has 3 aromatic rings. The molecule has 3 nitrogen and oxygen atoms in total. The fourth-order valence-electron chi connectivity index (χ4n) is 2.21. The van der Waals surface area contributed by atoms with Gasteiger partial charge >= 0.3 is 6.61 Å². The average Bonchev–Trinajstić information content (AvgIpc) is 2.54. The summed E-state index contributed by atoms with van der Waals surface area (Å²) in [6.45, 7) is -2.84. The first-order valence-corrected chi connectivity index (χ1v) is 7.03. The summed E-state index contributed by atoms with van der Waals surface area (Å²) in [5, 5.41) is 6.38. The van der Waals surface area contributed by atoms with E-state index < -0.39 is 6.61 Å². The summed E-state index contributed by atoms with van der Waals surface area (Å²) in [6.07, 6.45) is 1.55. The predicted octanol–water partition coefficient (Wildman–Crippen LogP) is 4.89. The van der Waals surface area contributed by atoms with Crippen molar-refractivity contribution >= 4 is 22.7 Å². The number of hydrogen-bond acceptors (Lipinski definition) is 3.